The van der Waals surface area contributed by atoms with Crippen LogP contribution in [0.1, 0.15) is 34.3 Å². The number of hydrogen-bond acceptors (Lipinski definition) is 3. The van der Waals surface area contributed by atoms with E-state index in [4.69, 9.17) is 5.11 Å². The zero-order valence-corrected chi connectivity index (χ0v) is 10.6. The molecule has 0 bridgehead atoms. The highest BCUT2D eigenvalue weighted by atomic mass is 19.4. The Kier molecular flexibility index (Phi) is 3.38. The van der Waals surface area contributed by atoms with E-state index in [1.54, 1.807) is 12.1 Å². The van der Waals surface area contributed by atoms with Crippen molar-refractivity contribution in [2.24, 2.45) is 5.92 Å². The summed E-state index contributed by atoms with van der Waals surface area (Å²) in [4.78, 5) is 11.0. The topological polar surface area (TPSA) is 84.9 Å². The number of halogens is 3. The number of aromatic carboxylic acids is 1. The van der Waals surface area contributed by atoms with Crippen LogP contribution in [-0.4, -0.2) is 11.1 Å². The lowest BCUT2D eigenvalue weighted by atomic mass is 9.77. The zero-order chi connectivity index (χ0) is 15.8. The second kappa shape index (κ2) is 4.78. The van der Waals surface area contributed by atoms with Gasteiger partial charge in [-0.2, -0.15) is 23.7 Å². The number of carbonyl (C=O) groups is 1. The number of rotatable bonds is 3. The summed E-state index contributed by atoms with van der Waals surface area (Å²) in [7, 11) is 0. The number of benzene rings is 1. The SMILES string of the molecule is N#CC(C#N)(c1cc(C(=O)O)cc(C(F)(F)F)c1)C1CC1. The number of hydrogen-bond donors (Lipinski definition) is 1. The van der Waals surface area contributed by atoms with E-state index in [0.29, 0.717) is 25.0 Å². The lowest BCUT2D eigenvalue weighted by Crippen LogP contribution is -2.26. The van der Waals surface area contributed by atoms with Crippen LogP contribution < -0.4 is 0 Å². The first-order valence-electron chi connectivity index (χ1n) is 6.03. The van der Waals surface area contributed by atoms with Gasteiger partial charge in [0.15, 0.2) is 5.41 Å². The molecule has 0 radical (unpaired) electrons. The second-order valence-corrected chi connectivity index (χ2v) is 4.91. The largest absolute Gasteiger partial charge is 0.478 e. The molecule has 0 saturated heterocycles. The summed E-state index contributed by atoms with van der Waals surface area (Å²) in [5.41, 5.74) is -3.70. The predicted molar refractivity (Wildman–Crippen MR) is 64.0 cm³/mol. The summed E-state index contributed by atoms with van der Waals surface area (Å²) >= 11 is 0. The molecule has 1 aliphatic rings. The van der Waals surface area contributed by atoms with Gasteiger partial charge in [0.2, 0.25) is 0 Å². The van der Waals surface area contributed by atoms with E-state index in [9.17, 15) is 28.5 Å². The minimum Gasteiger partial charge on any atom is -0.478 e. The highest BCUT2D eigenvalue weighted by Gasteiger charge is 2.49. The third kappa shape index (κ3) is 2.55. The molecule has 1 saturated carbocycles. The number of nitrogens with zero attached hydrogens (tertiary/aromatic N) is 2. The van der Waals surface area contributed by atoms with Crippen LogP contribution >= 0.6 is 0 Å². The molecule has 108 valence electrons. The van der Waals surface area contributed by atoms with Crippen molar-refractivity contribution >= 4 is 5.97 Å². The van der Waals surface area contributed by atoms with E-state index < -0.39 is 28.7 Å². The first-order chi connectivity index (χ1) is 9.74. The first-order valence-corrected chi connectivity index (χ1v) is 6.03. The number of carboxylic acid groups (broad SMARTS) is 1. The summed E-state index contributed by atoms with van der Waals surface area (Å²) in [6, 6.07) is 5.70. The Hall–Kier alpha value is -2.54. The molecular formula is C14H9F3N2O2. The van der Waals surface area contributed by atoms with Gasteiger partial charge in [0.25, 0.3) is 0 Å². The molecular weight excluding hydrogens is 285 g/mol. The zero-order valence-electron chi connectivity index (χ0n) is 10.6. The van der Waals surface area contributed by atoms with Gasteiger partial charge >= 0.3 is 12.1 Å². The van der Waals surface area contributed by atoms with Crippen molar-refractivity contribution in [3.63, 3.8) is 0 Å². The Labute approximate surface area is 118 Å². The number of nitriles is 2. The molecule has 1 aromatic carbocycles. The van der Waals surface area contributed by atoms with Crippen molar-refractivity contribution in [1.82, 2.24) is 0 Å². The highest BCUT2D eigenvalue weighted by molar-refractivity contribution is 5.88. The molecule has 0 unspecified atom stereocenters. The molecule has 0 aliphatic heterocycles. The van der Waals surface area contributed by atoms with Crippen LogP contribution in [0, 0.1) is 28.6 Å². The smallest absolute Gasteiger partial charge is 0.416 e. The summed E-state index contributed by atoms with van der Waals surface area (Å²) in [5, 5.41) is 27.5. The number of alkyl halides is 3. The Bertz CT molecular complexity index is 665. The van der Waals surface area contributed by atoms with Crippen LogP contribution in [0.4, 0.5) is 13.2 Å². The van der Waals surface area contributed by atoms with Crippen molar-refractivity contribution in [2.75, 3.05) is 0 Å². The van der Waals surface area contributed by atoms with E-state index in [-0.39, 0.29) is 11.5 Å². The van der Waals surface area contributed by atoms with E-state index in [0.717, 1.165) is 6.07 Å². The maximum Gasteiger partial charge on any atom is 0.416 e. The minimum atomic E-state index is -4.75. The number of carboxylic acids is 1. The van der Waals surface area contributed by atoms with Crippen molar-refractivity contribution in [3.8, 4) is 12.1 Å². The van der Waals surface area contributed by atoms with E-state index in [1.807, 2.05) is 0 Å². The quantitative estimate of drug-likeness (QED) is 0.928. The summed E-state index contributed by atoms with van der Waals surface area (Å²) in [5.74, 6) is -1.90. The first kappa shape index (κ1) is 14.9. The van der Waals surface area contributed by atoms with Crippen LogP contribution in [0.3, 0.4) is 0 Å². The van der Waals surface area contributed by atoms with Crippen molar-refractivity contribution in [3.05, 3.63) is 34.9 Å². The summed E-state index contributed by atoms with van der Waals surface area (Å²) in [6.07, 6.45) is -3.64. The normalized spacial score (nSPS) is 15.1. The third-order valence-electron chi connectivity index (χ3n) is 3.51. The van der Waals surface area contributed by atoms with E-state index >= 15 is 0 Å². The molecule has 1 N–H and O–H groups in total. The lowest BCUT2D eigenvalue weighted by Gasteiger charge is -2.20. The van der Waals surface area contributed by atoms with Gasteiger partial charge in [0.1, 0.15) is 0 Å². The molecule has 2 rings (SSSR count). The average Bonchev–Trinajstić information content (AvgIpc) is 3.24. The van der Waals surface area contributed by atoms with E-state index in [2.05, 4.69) is 0 Å². The molecule has 0 amide bonds. The van der Waals surface area contributed by atoms with Crippen LogP contribution in [0.15, 0.2) is 18.2 Å². The fourth-order valence-corrected chi connectivity index (χ4v) is 2.23. The predicted octanol–water partition coefficient (Wildman–Crippen LogP) is 3.10. The van der Waals surface area contributed by atoms with Crippen LogP contribution in [0.25, 0.3) is 0 Å². The fraction of sp³-hybridized carbons (Fsp3) is 0.357. The van der Waals surface area contributed by atoms with Crippen LogP contribution in [-0.2, 0) is 11.6 Å². The monoisotopic (exact) mass is 294 g/mol. The second-order valence-electron chi connectivity index (χ2n) is 4.91. The molecule has 7 heteroatoms. The highest BCUT2D eigenvalue weighted by Crippen LogP contribution is 2.47. The molecule has 4 nitrogen and oxygen atoms in total. The standard InChI is InChI=1S/C14H9F3N2O2/c15-14(16,17)11-4-8(12(20)21)3-10(5-11)13(6-18,7-19)9-1-2-9/h3-5,9H,1-2H2,(H,20,21). The van der Waals surface area contributed by atoms with Gasteiger partial charge in [-0.05, 0) is 42.5 Å². The fourth-order valence-electron chi connectivity index (χ4n) is 2.23. The van der Waals surface area contributed by atoms with Gasteiger partial charge in [-0.3, -0.25) is 0 Å². The van der Waals surface area contributed by atoms with Gasteiger partial charge < -0.3 is 5.11 Å². The average molecular weight is 294 g/mol. The Morgan fingerprint density at radius 2 is 1.67 bits per heavy atom. The maximum atomic E-state index is 12.9. The molecule has 1 aromatic rings. The van der Waals surface area contributed by atoms with Crippen LogP contribution in [0.5, 0.6) is 0 Å². The molecule has 1 fully saturated rings. The molecule has 0 spiro atoms. The van der Waals surface area contributed by atoms with Gasteiger partial charge in [0, 0.05) is 0 Å². The molecule has 0 aromatic heterocycles. The van der Waals surface area contributed by atoms with Gasteiger partial charge in [-0.1, -0.05) is 0 Å². The van der Waals surface area contributed by atoms with Crippen LogP contribution in [0.2, 0.25) is 0 Å². The molecule has 0 heterocycles. The van der Waals surface area contributed by atoms with Crippen molar-refractivity contribution in [2.45, 2.75) is 24.4 Å². The third-order valence-corrected chi connectivity index (χ3v) is 3.51. The Morgan fingerprint density at radius 3 is 2.05 bits per heavy atom. The minimum absolute atomic E-state index is 0.206. The molecule has 1 aliphatic carbocycles. The van der Waals surface area contributed by atoms with Crippen molar-refractivity contribution < 1.29 is 23.1 Å². The molecule has 0 atom stereocenters. The summed E-state index contributed by atoms with van der Waals surface area (Å²) < 4.78 is 38.6. The van der Waals surface area contributed by atoms with E-state index in [1.165, 1.54) is 0 Å². The maximum absolute atomic E-state index is 12.9. The Balaban J connectivity index is 2.69. The summed E-state index contributed by atoms with van der Waals surface area (Å²) in [6.45, 7) is 0. The van der Waals surface area contributed by atoms with Crippen molar-refractivity contribution in [1.29, 1.82) is 10.5 Å². The van der Waals surface area contributed by atoms with Gasteiger partial charge in [0.05, 0.1) is 23.3 Å². The van der Waals surface area contributed by atoms with Gasteiger partial charge in [-0.25, -0.2) is 4.79 Å². The lowest BCUT2D eigenvalue weighted by molar-refractivity contribution is -0.137. The van der Waals surface area contributed by atoms with Gasteiger partial charge in [-0.15, -0.1) is 0 Å². The molecule has 21 heavy (non-hydrogen) atoms. The Morgan fingerprint density at radius 1 is 1.14 bits per heavy atom.